The summed E-state index contributed by atoms with van der Waals surface area (Å²) in [6.45, 7) is 17.5. The summed E-state index contributed by atoms with van der Waals surface area (Å²) in [6.07, 6.45) is -1.55. The van der Waals surface area contributed by atoms with E-state index in [9.17, 15) is 4.39 Å². The van der Waals surface area contributed by atoms with Gasteiger partial charge in [-0.15, -0.1) is 48.0 Å². The molecule has 0 aliphatic heterocycles. The molecule has 363 valence electrons. The van der Waals surface area contributed by atoms with Crippen molar-refractivity contribution in [2.24, 2.45) is 0 Å². The summed E-state index contributed by atoms with van der Waals surface area (Å²) in [4.78, 5) is 14.6. The first-order valence-corrected chi connectivity index (χ1v) is 27.9. The zero-order valence-corrected chi connectivity index (χ0v) is 45.2. The van der Waals surface area contributed by atoms with Crippen LogP contribution in [0.3, 0.4) is 0 Å². The molecule has 5 nitrogen and oxygen atoms in total. The Morgan fingerprint density at radius 2 is 1.42 bits per heavy atom. The number of imidazole rings is 1. The third-order valence-corrected chi connectivity index (χ3v) is 15.1. The molecule has 1 atom stereocenters. The maximum atomic E-state index is 13.3. The smallest absolute Gasteiger partial charge is 0.216 e. The van der Waals surface area contributed by atoms with E-state index in [0.717, 1.165) is 60.4 Å². The predicted octanol–water partition coefficient (Wildman–Crippen LogP) is 16.4. The molecule has 0 aliphatic rings. The quantitative estimate of drug-likeness (QED) is 0.0957. The number of hydrogen-bond donors (Lipinski definition) is 0. The number of rotatable bonds is 11. The fourth-order valence-electron chi connectivity index (χ4n) is 9.46. The van der Waals surface area contributed by atoms with Gasteiger partial charge in [0, 0.05) is 66.1 Å². The van der Waals surface area contributed by atoms with Gasteiger partial charge in [0.2, 0.25) is 5.71 Å². The van der Waals surface area contributed by atoms with Gasteiger partial charge in [0.05, 0.1) is 30.5 Å². The van der Waals surface area contributed by atoms with Crippen LogP contribution in [0.25, 0.3) is 72.2 Å². The number of hydrogen-bond acceptors (Lipinski definition) is 4. The summed E-state index contributed by atoms with van der Waals surface area (Å²) in [5, 5.41) is 4.99. The van der Waals surface area contributed by atoms with E-state index in [1.54, 1.807) is 24.3 Å². The van der Waals surface area contributed by atoms with Crippen LogP contribution in [0.1, 0.15) is 91.4 Å². The van der Waals surface area contributed by atoms with Crippen LogP contribution >= 0.6 is 0 Å². The Bertz CT molecular complexity index is 3850. The number of para-hydroxylation sites is 1. The third kappa shape index (κ3) is 10.1. The minimum atomic E-state index is -1.84. The van der Waals surface area contributed by atoms with Crippen molar-refractivity contribution in [2.75, 3.05) is 0 Å². The zero-order chi connectivity index (χ0) is 53.0. The minimum Gasteiger partial charge on any atom is -0.486 e. The van der Waals surface area contributed by atoms with Crippen LogP contribution in [0.15, 0.2) is 174 Å². The number of furan rings is 1. The van der Waals surface area contributed by atoms with Gasteiger partial charge >= 0.3 is 0 Å². The van der Waals surface area contributed by atoms with E-state index in [-0.39, 0.29) is 43.7 Å². The summed E-state index contributed by atoms with van der Waals surface area (Å²) in [5.74, 6) is 0.622. The molecule has 0 bridgehead atoms. The van der Waals surface area contributed by atoms with E-state index >= 15 is 0 Å². The summed E-state index contributed by atoms with van der Waals surface area (Å²) in [5.41, 5.74) is 11.1. The Kier molecular flexibility index (Phi) is 13.2. The average molecular weight is 1140 g/mol. The van der Waals surface area contributed by atoms with Gasteiger partial charge in [-0.2, -0.15) is 0 Å². The van der Waals surface area contributed by atoms with Crippen molar-refractivity contribution in [2.45, 2.75) is 84.8 Å². The Morgan fingerprint density at radius 1 is 0.708 bits per heavy atom. The Hall–Kier alpha value is -6.83. The molecule has 0 saturated heterocycles. The molecule has 0 N–H and O–H groups in total. The SMILES string of the molecule is [2H]C([2H])(c1cc(-c2[c-]cc(F)cc2)ncc1[Si](C)(C)C)C(C)c1ccccc1.[2H]C([2H])(c1ccccc1)c1ccc2c(n1)oc1c(-c3nc4ccc5ccccc5c4n3-c3c(C(C)C)cccc3C(C)C)[c-]ccc12.[Ir]. The van der Waals surface area contributed by atoms with Crippen molar-refractivity contribution >= 4 is 57.1 Å². The summed E-state index contributed by atoms with van der Waals surface area (Å²) >= 11 is 0. The minimum absolute atomic E-state index is 0. The maximum Gasteiger partial charge on any atom is 0.216 e. The van der Waals surface area contributed by atoms with Crippen molar-refractivity contribution in [3.63, 3.8) is 0 Å². The van der Waals surface area contributed by atoms with Crippen LogP contribution in [0.5, 0.6) is 0 Å². The maximum absolute atomic E-state index is 13.3. The first-order valence-electron chi connectivity index (χ1n) is 26.4. The molecule has 0 fully saturated rings. The van der Waals surface area contributed by atoms with Gasteiger partial charge in [-0.1, -0.05) is 186 Å². The average Bonchev–Trinajstić information content (AvgIpc) is 4.12. The van der Waals surface area contributed by atoms with Gasteiger partial charge in [0.1, 0.15) is 0 Å². The number of aromatic nitrogens is 4. The van der Waals surface area contributed by atoms with Gasteiger partial charge in [0.25, 0.3) is 0 Å². The molecule has 0 spiro atoms. The van der Waals surface area contributed by atoms with Gasteiger partial charge in [-0.05, 0) is 80.8 Å². The molecule has 0 saturated carbocycles. The van der Waals surface area contributed by atoms with Crippen molar-refractivity contribution in [1.82, 2.24) is 19.5 Å². The van der Waals surface area contributed by atoms with E-state index in [0.29, 0.717) is 39.4 Å². The molecule has 8 heteroatoms. The predicted molar refractivity (Wildman–Crippen MR) is 295 cm³/mol. The van der Waals surface area contributed by atoms with Crippen LogP contribution in [-0.4, -0.2) is 27.6 Å². The van der Waals surface area contributed by atoms with Crippen LogP contribution in [0.4, 0.5) is 4.39 Å². The number of benzene rings is 7. The molecule has 1 unspecified atom stereocenters. The molecule has 11 aromatic rings. The first-order chi connectivity index (χ1) is 35.8. The van der Waals surface area contributed by atoms with Crippen LogP contribution < -0.4 is 5.19 Å². The van der Waals surface area contributed by atoms with Crippen molar-refractivity contribution in [3.8, 4) is 28.3 Å². The summed E-state index contributed by atoms with van der Waals surface area (Å²) in [6, 6.07) is 58.3. The largest absolute Gasteiger partial charge is 0.486 e. The standard InChI is InChI=1S/C41H34N3O.C23H25FNSi.Ir/c1-25(2)30-16-10-17-31(26(3)4)37(30)44-38-32-15-9-8-14-28(32)20-23-36(38)43-40(44)35-19-11-18-33-34-22-21-29(42-41(34)45-39(33)35)24-27-12-6-5-7-13-27;1-17(18-8-6-5-7-9-18)14-20-15-22(19-10-12-21(24)13-11-19)25-16-23(20)26(2,3)4;/h5-18,20-23,25-26H,24H2,1-4H3;5-10,12-13,15-17H,14H2,1-4H3;/q2*-1;/i24D2;14D2;. The van der Waals surface area contributed by atoms with Crippen LogP contribution in [0.2, 0.25) is 19.6 Å². The normalized spacial score (nSPS) is 13.4. The Morgan fingerprint density at radius 3 is 2.11 bits per heavy atom. The van der Waals surface area contributed by atoms with Crippen molar-refractivity contribution < 1.29 is 34.4 Å². The van der Waals surface area contributed by atoms with E-state index < -0.39 is 20.8 Å². The molecule has 7 aromatic carbocycles. The van der Waals surface area contributed by atoms with Gasteiger partial charge in [0.15, 0.2) is 0 Å². The van der Waals surface area contributed by atoms with Gasteiger partial charge in [-0.3, -0.25) is 9.37 Å². The number of pyridine rings is 2. The zero-order valence-electron chi connectivity index (χ0n) is 45.8. The molecular formula is C64H59FIrN4OSi-2. The summed E-state index contributed by atoms with van der Waals surface area (Å²) < 4.78 is 58.0. The molecule has 4 aromatic heterocycles. The van der Waals surface area contributed by atoms with E-state index in [1.165, 1.54) is 23.3 Å². The Balaban J connectivity index is 0.000000209. The van der Waals surface area contributed by atoms with E-state index in [4.69, 9.17) is 19.9 Å². The van der Waals surface area contributed by atoms with Gasteiger partial charge in [-0.25, -0.2) is 4.98 Å². The second kappa shape index (κ2) is 21.1. The first kappa shape index (κ1) is 45.1. The van der Waals surface area contributed by atoms with E-state index in [1.807, 2.05) is 85.9 Å². The fourth-order valence-corrected chi connectivity index (χ4v) is 10.9. The van der Waals surface area contributed by atoms with Crippen molar-refractivity contribution in [1.29, 1.82) is 0 Å². The monoisotopic (exact) mass is 1140 g/mol. The van der Waals surface area contributed by atoms with Gasteiger partial charge < -0.3 is 14.0 Å². The molecular weight excluding hydrogens is 1080 g/mol. The molecule has 72 heavy (non-hydrogen) atoms. The number of halogens is 1. The number of fused-ring (bicyclic) bond motifs is 6. The van der Waals surface area contributed by atoms with E-state index in [2.05, 4.69) is 124 Å². The van der Waals surface area contributed by atoms with Crippen LogP contribution in [-0.2, 0) is 32.9 Å². The third-order valence-electron chi connectivity index (χ3n) is 13.1. The second-order valence-corrected chi connectivity index (χ2v) is 24.9. The van der Waals surface area contributed by atoms with Crippen molar-refractivity contribution in [3.05, 3.63) is 221 Å². The Labute approximate surface area is 443 Å². The number of nitrogens with zero attached hydrogens (tertiary/aromatic N) is 4. The molecule has 1 radical (unpaired) electrons. The molecule has 0 aliphatic carbocycles. The molecule has 4 heterocycles. The summed E-state index contributed by atoms with van der Waals surface area (Å²) in [7, 11) is -1.84. The molecule has 0 amide bonds. The topological polar surface area (TPSA) is 56.7 Å². The molecule has 11 rings (SSSR count). The second-order valence-electron chi connectivity index (χ2n) is 19.8. The van der Waals surface area contributed by atoms with Crippen LogP contribution in [0, 0.1) is 17.9 Å². The fraction of sp³-hybridized carbons (Fsp3) is 0.203.